The molecular formula is C14H16N2O. The quantitative estimate of drug-likeness (QED) is 0.740. The number of hydrogen-bond donors (Lipinski definition) is 0. The molecule has 0 spiro atoms. The molecule has 1 aromatic rings. The van der Waals surface area contributed by atoms with Gasteiger partial charge in [-0.3, -0.25) is 4.79 Å². The van der Waals surface area contributed by atoms with E-state index < -0.39 is 0 Å². The average molecular weight is 228 g/mol. The SMILES string of the molecule is N#Cc1c2c(cn(C3CCCC3)c1=O)CCC2. The van der Waals surface area contributed by atoms with Crippen LogP contribution < -0.4 is 5.56 Å². The molecule has 3 nitrogen and oxygen atoms in total. The summed E-state index contributed by atoms with van der Waals surface area (Å²) in [7, 11) is 0. The molecule has 0 amide bonds. The number of aromatic nitrogens is 1. The van der Waals surface area contributed by atoms with Gasteiger partial charge in [-0.25, -0.2) is 0 Å². The Bertz CT molecular complexity index is 545. The van der Waals surface area contributed by atoms with Crippen LogP contribution in [0.1, 0.15) is 54.8 Å². The van der Waals surface area contributed by atoms with Gasteiger partial charge in [-0.05, 0) is 43.2 Å². The molecule has 0 bridgehead atoms. The number of hydrogen-bond acceptors (Lipinski definition) is 2. The van der Waals surface area contributed by atoms with Crippen molar-refractivity contribution >= 4 is 0 Å². The Kier molecular flexibility index (Phi) is 2.51. The summed E-state index contributed by atoms with van der Waals surface area (Å²) < 4.78 is 1.84. The van der Waals surface area contributed by atoms with Gasteiger partial charge in [0.25, 0.3) is 5.56 Å². The largest absolute Gasteiger partial charge is 0.311 e. The van der Waals surface area contributed by atoms with Crippen LogP contribution in [0, 0.1) is 11.3 Å². The van der Waals surface area contributed by atoms with Gasteiger partial charge in [0, 0.05) is 12.2 Å². The molecule has 0 aliphatic heterocycles. The minimum atomic E-state index is -0.0555. The summed E-state index contributed by atoms with van der Waals surface area (Å²) in [6.07, 6.45) is 9.62. The van der Waals surface area contributed by atoms with E-state index in [4.69, 9.17) is 0 Å². The summed E-state index contributed by atoms with van der Waals surface area (Å²) in [6, 6.07) is 2.46. The number of rotatable bonds is 1. The monoisotopic (exact) mass is 228 g/mol. The molecule has 0 unspecified atom stereocenters. The molecule has 0 N–H and O–H groups in total. The van der Waals surface area contributed by atoms with E-state index in [9.17, 15) is 10.1 Å². The zero-order valence-corrected chi connectivity index (χ0v) is 9.91. The van der Waals surface area contributed by atoms with Crippen LogP contribution in [0.5, 0.6) is 0 Å². The maximum absolute atomic E-state index is 12.3. The second-order valence-corrected chi connectivity index (χ2v) is 5.12. The van der Waals surface area contributed by atoms with E-state index in [0.29, 0.717) is 11.6 Å². The summed E-state index contributed by atoms with van der Waals surface area (Å²) in [5.74, 6) is 0. The lowest BCUT2D eigenvalue weighted by atomic mass is 10.1. The fraction of sp³-hybridized carbons (Fsp3) is 0.571. The van der Waals surface area contributed by atoms with E-state index in [-0.39, 0.29) is 5.56 Å². The van der Waals surface area contributed by atoms with Crippen molar-refractivity contribution in [3.05, 3.63) is 33.2 Å². The van der Waals surface area contributed by atoms with Crippen molar-refractivity contribution in [2.75, 3.05) is 0 Å². The van der Waals surface area contributed by atoms with Crippen LogP contribution in [0.15, 0.2) is 11.0 Å². The first-order valence-corrected chi connectivity index (χ1v) is 6.48. The second-order valence-electron chi connectivity index (χ2n) is 5.12. The highest BCUT2D eigenvalue weighted by Gasteiger charge is 2.24. The van der Waals surface area contributed by atoms with Crippen molar-refractivity contribution in [3.8, 4) is 6.07 Å². The maximum atomic E-state index is 12.3. The van der Waals surface area contributed by atoms with Crippen molar-refractivity contribution in [2.45, 2.75) is 51.0 Å². The molecule has 17 heavy (non-hydrogen) atoms. The standard InChI is InChI=1S/C14H16N2O/c15-8-13-12-7-3-4-10(12)9-16(14(13)17)11-5-1-2-6-11/h9,11H,1-7H2. The van der Waals surface area contributed by atoms with Crippen molar-refractivity contribution in [1.29, 1.82) is 5.26 Å². The minimum absolute atomic E-state index is 0.0555. The first-order valence-electron chi connectivity index (χ1n) is 6.48. The predicted octanol–water partition coefficient (Wildman–Crippen LogP) is 2.32. The lowest BCUT2D eigenvalue weighted by Crippen LogP contribution is -2.27. The lowest BCUT2D eigenvalue weighted by molar-refractivity contribution is 0.499. The molecule has 0 aromatic carbocycles. The number of fused-ring (bicyclic) bond motifs is 1. The molecule has 1 heterocycles. The smallest absolute Gasteiger partial charge is 0.269 e. The Morgan fingerprint density at radius 2 is 2.00 bits per heavy atom. The molecule has 0 saturated heterocycles. The van der Waals surface area contributed by atoms with Gasteiger partial charge in [0.1, 0.15) is 11.6 Å². The predicted molar refractivity (Wildman–Crippen MR) is 64.9 cm³/mol. The molecule has 2 aliphatic rings. The van der Waals surface area contributed by atoms with Gasteiger partial charge in [-0.2, -0.15) is 5.26 Å². The highest BCUT2D eigenvalue weighted by atomic mass is 16.1. The van der Waals surface area contributed by atoms with Crippen LogP contribution in [0.25, 0.3) is 0 Å². The summed E-state index contributed by atoms with van der Waals surface area (Å²) in [5, 5.41) is 9.19. The lowest BCUT2D eigenvalue weighted by Gasteiger charge is -2.16. The molecule has 3 heteroatoms. The van der Waals surface area contributed by atoms with Crippen molar-refractivity contribution in [2.24, 2.45) is 0 Å². The van der Waals surface area contributed by atoms with Gasteiger partial charge >= 0.3 is 0 Å². The first-order chi connectivity index (χ1) is 8.31. The van der Waals surface area contributed by atoms with Crippen LogP contribution in [-0.2, 0) is 12.8 Å². The zero-order valence-electron chi connectivity index (χ0n) is 9.91. The number of nitriles is 1. The molecule has 3 rings (SSSR count). The molecule has 1 fully saturated rings. The van der Waals surface area contributed by atoms with Crippen LogP contribution in [0.4, 0.5) is 0 Å². The van der Waals surface area contributed by atoms with Gasteiger partial charge < -0.3 is 4.57 Å². The van der Waals surface area contributed by atoms with E-state index in [1.165, 1.54) is 18.4 Å². The fourth-order valence-electron chi connectivity index (χ4n) is 3.25. The summed E-state index contributed by atoms with van der Waals surface area (Å²) in [5.41, 5.74) is 2.60. The molecule has 0 atom stereocenters. The normalized spacial score (nSPS) is 19.2. The van der Waals surface area contributed by atoms with Crippen LogP contribution in [0.3, 0.4) is 0 Å². The van der Waals surface area contributed by atoms with Gasteiger partial charge in [-0.15, -0.1) is 0 Å². The molecular weight excluding hydrogens is 212 g/mol. The van der Waals surface area contributed by atoms with E-state index >= 15 is 0 Å². The van der Waals surface area contributed by atoms with E-state index in [1.54, 1.807) is 0 Å². The van der Waals surface area contributed by atoms with Crippen molar-refractivity contribution in [1.82, 2.24) is 4.57 Å². The third-order valence-corrected chi connectivity index (χ3v) is 4.14. The fourth-order valence-corrected chi connectivity index (χ4v) is 3.25. The van der Waals surface area contributed by atoms with E-state index in [2.05, 4.69) is 6.07 Å². The average Bonchev–Trinajstić information content (AvgIpc) is 2.98. The Hall–Kier alpha value is -1.56. The number of nitrogens with zero attached hydrogens (tertiary/aromatic N) is 2. The second kappa shape index (κ2) is 4.03. The Morgan fingerprint density at radius 3 is 2.71 bits per heavy atom. The highest BCUT2D eigenvalue weighted by Crippen LogP contribution is 2.30. The topological polar surface area (TPSA) is 45.8 Å². The van der Waals surface area contributed by atoms with Crippen LogP contribution in [-0.4, -0.2) is 4.57 Å². The number of aryl methyl sites for hydroxylation is 1. The molecule has 1 aromatic heterocycles. The minimum Gasteiger partial charge on any atom is -0.311 e. The Morgan fingerprint density at radius 1 is 1.24 bits per heavy atom. The maximum Gasteiger partial charge on any atom is 0.269 e. The third kappa shape index (κ3) is 1.59. The van der Waals surface area contributed by atoms with E-state index in [0.717, 1.165) is 37.7 Å². The molecule has 88 valence electrons. The van der Waals surface area contributed by atoms with Crippen molar-refractivity contribution in [3.63, 3.8) is 0 Å². The molecule has 0 radical (unpaired) electrons. The third-order valence-electron chi connectivity index (χ3n) is 4.14. The van der Waals surface area contributed by atoms with Crippen LogP contribution >= 0.6 is 0 Å². The first kappa shape index (κ1) is 10.6. The van der Waals surface area contributed by atoms with E-state index in [1.807, 2.05) is 10.8 Å². The zero-order chi connectivity index (χ0) is 11.8. The molecule has 2 aliphatic carbocycles. The van der Waals surface area contributed by atoms with Gasteiger partial charge in [0.2, 0.25) is 0 Å². The summed E-state index contributed by atoms with van der Waals surface area (Å²) in [6.45, 7) is 0. The Balaban J connectivity index is 2.17. The highest BCUT2D eigenvalue weighted by molar-refractivity contribution is 5.43. The van der Waals surface area contributed by atoms with Crippen molar-refractivity contribution < 1.29 is 0 Å². The number of pyridine rings is 1. The molecule has 1 saturated carbocycles. The summed E-state index contributed by atoms with van der Waals surface area (Å²) >= 11 is 0. The van der Waals surface area contributed by atoms with Gasteiger partial charge in [-0.1, -0.05) is 12.8 Å². The van der Waals surface area contributed by atoms with Crippen LogP contribution in [0.2, 0.25) is 0 Å². The Labute approximate surface area is 101 Å². The van der Waals surface area contributed by atoms with Gasteiger partial charge in [0.05, 0.1) is 0 Å². The summed E-state index contributed by atoms with van der Waals surface area (Å²) in [4.78, 5) is 12.3. The van der Waals surface area contributed by atoms with Gasteiger partial charge in [0.15, 0.2) is 0 Å².